The molecule has 0 aliphatic carbocycles. The molecule has 0 spiro atoms. The Hall–Kier alpha value is -1.66. The summed E-state index contributed by atoms with van der Waals surface area (Å²) in [5.74, 6) is -2.10. The minimum Gasteiger partial charge on any atom is -0.345 e. The molecule has 1 saturated heterocycles. The number of halogens is 2. The molecule has 3 N–H and O–H groups in total. The minimum absolute atomic E-state index is 0.105. The van der Waals surface area contributed by atoms with Gasteiger partial charge in [0.15, 0.2) is 0 Å². The lowest BCUT2D eigenvalue weighted by Gasteiger charge is -2.46. The molecule has 0 saturated carbocycles. The number of hydrogen-bond donors (Lipinski definition) is 3. The van der Waals surface area contributed by atoms with Crippen molar-refractivity contribution in [2.45, 2.75) is 57.7 Å². The summed E-state index contributed by atoms with van der Waals surface area (Å²) in [7, 11) is 0. The highest BCUT2D eigenvalue weighted by Gasteiger charge is 2.38. The highest BCUT2D eigenvalue weighted by molar-refractivity contribution is 6.40. The molecule has 132 valence electrons. The molecule has 0 atom stereocenters. The maximum atomic E-state index is 13.1. The molecule has 1 aromatic carbocycles. The van der Waals surface area contributed by atoms with Crippen LogP contribution in [0.3, 0.4) is 0 Å². The van der Waals surface area contributed by atoms with Crippen molar-refractivity contribution < 1.29 is 14.0 Å². The molecule has 2 rings (SSSR count). The van der Waals surface area contributed by atoms with Gasteiger partial charge in [-0.1, -0.05) is 11.6 Å². The first-order valence-electron chi connectivity index (χ1n) is 7.84. The van der Waals surface area contributed by atoms with Crippen LogP contribution in [0, 0.1) is 5.82 Å². The molecule has 1 aliphatic rings. The zero-order valence-electron chi connectivity index (χ0n) is 14.3. The van der Waals surface area contributed by atoms with E-state index in [2.05, 4.69) is 43.6 Å². The third-order valence-electron chi connectivity index (χ3n) is 3.91. The van der Waals surface area contributed by atoms with Gasteiger partial charge in [-0.25, -0.2) is 4.39 Å². The summed E-state index contributed by atoms with van der Waals surface area (Å²) in [5, 5.41) is 8.60. The molecule has 5 nitrogen and oxygen atoms in total. The fraction of sp³-hybridized carbons (Fsp3) is 0.529. The number of carbonyl (C=O) groups is 2. The van der Waals surface area contributed by atoms with Crippen molar-refractivity contribution in [1.82, 2.24) is 10.6 Å². The minimum atomic E-state index is -0.799. The van der Waals surface area contributed by atoms with E-state index in [0.717, 1.165) is 18.9 Å². The third kappa shape index (κ3) is 4.92. The normalized spacial score (nSPS) is 19.6. The molecule has 1 fully saturated rings. The topological polar surface area (TPSA) is 70.2 Å². The number of benzene rings is 1. The van der Waals surface area contributed by atoms with Gasteiger partial charge in [-0.3, -0.25) is 9.59 Å². The summed E-state index contributed by atoms with van der Waals surface area (Å²) in [6.45, 7) is 8.25. The van der Waals surface area contributed by atoms with Gasteiger partial charge in [0.25, 0.3) is 0 Å². The summed E-state index contributed by atoms with van der Waals surface area (Å²) in [6.07, 6.45) is 1.44. The Balaban J connectivity index is 1.98. The predicted molar refractivity (Wildman–Crippen MR) is 92.5 cm³/mol. The summed E-state index contributed by atoms with van der Waals surface area (Å²) >= 11 is 5.66. The van der Waals surface area contributed by atoms with Crippen LogP contribution in [0.15, 0.2) is 18.2 Å². The van der Waals surface area contributed by atoms with E-state index in [1.54, 1.807) is 0 Å². The van der Waals surface area contributed by atoms with Gasteiger partial charge in [0.05, 0.1) is 5.02 Å². The van der Waals surface area contributed by atoms with E-state index >= 15 is 0 Å². The lowest BCUT2D eigenvalue weighted by molar-refractivity contribution is -0.137. The highest BCUT2D eigenvalue weighted by atomic mass is 35.5. The SMILES string of the molecule is CC1(C)CC(NC(=O)C(=O)Nc2ccc(F)c(Cl)c2)CC(C)(C)N1. The molecule has 1 aromatic rings. The second kappa shape index (κ2) is 6.69. The summed E-state index contributed by atoms with van der Waals surface area (Å²) in [6, 6.07) is 3.64. The average molecular weight is 356 g/mol. The van der Waals surface area contributed by atoms with E-state index in [-0.39, 0.29) is 27.8 Å². The van der Waals surface area contributed by atoms with Crippen LogP contribution >= 0.6 is 11.6 Å². The van der Waals surface area contributed by atoms with Crippen LogP contribution in [0.5, 0.6) is 0 Å². The Morgan fingerprint density at radius 1 is 1.17 bits per heavy atom. The van der Waals surface area contributed by atoms with Gasteiger partial charge in [0.1, 0.15) is 5.82 Å². The number of nitrogens with one attached hydrogen (secondary N) is 3. The van der Waals surface area contributed by atoms with Crippen molar-refractivity contribution >= 4 is 29.1 Å². The number of carbonyl (C=O) groups excluding carboxylic acids is 2. The van der Waals surface area contributed by atoms with E-state index in [1.165, 1.54) is 12.1 Å². The molecule has 1 heterocycles. The molecule has 24 heavy (non-hydrogen) atoms. The fourth-order valence-corrected chi connectivity index (χ4v) is 3.62. The first kappa shape index (κ1) is 18.7. The van der Waals surface area contributed by atoms with Crippen LogP contribution in [-0.2, 0) is 9.59 Å². The smallest absolute Gasteiger partial charge is 0.313 e. The Morgan fingerprint density at radius 3 is 2.29 bits per heavy atom. The quantitative estimate of drug-likeness (QED) is 0.714. The Morgan fingerprint density at radius 2 is 1.75 bits per heavy atom. The van der Waals surface area contributed by atoms with Crippen molar-refractivity contribution in [3.8, 4) is 0 Å². The van der Waals surface area contributed by atoms with E-state index in [9.17, 15) is 14.0 Å². The zero-order chi connectivity index (χ0) is 18.1. The summed E-state index contributed by atoms with van der Waals surface area (Å²) in [4.78, 5) is 24.2. The van der Waals surface area contributed by atoms with Gasteiger partial charge in [0, 0.05) is 22.8 Å². The molecule has 2 amide bonds. The van der Waals surface area contributed by atoms with Gasteiger partial charge in [-0.15, -0.1) is 0 Å². The second-order valence-electron chi connectivity index (χ2n) is 7.55. The van der Waals surface area contributed by atoms with Crippen LogP contribution < -0.4 is 16.0 Å². The van der Waals surface area contributed by atoms with Crippen LogP contribution in [0.4, 0.5) is 10.1 Å². The van der Waals surface area contributed by atoms with Gasteiger partial charge < -0.3 is 16.0 Å². The predicted octanol–water partition coefficient (Wildman–Crippen LogP) is 2.84. The van der Waals surface area contributed by atoms with Gasteiger partial charge in [0.2, 0.25) is 0 Å². The third-order valence-corrected chi connectivity index (χ3v) is 4.20. The zero-order valence-corrected chi connectivity index (χ0v) is 15.1. The van der Waals surface area contributed by atoms with Gasteiger partial charge in [-0.05, 0) is 58.7 Å². The number of rotatable bonds is 2. The van der Waals surface area contributed by atoms with Crippen LogP contribution in [-0.4, -0.2) is 28.9 Å². The second-order valence-corrected chi connectivity index (χ2v) is 7.96. The van der Waals surface area contributed by atoms with Crippen molar-refractivity contribution in [3.63, 3.8) is 0 Å². The Bertz CT molecular complexity index is 645. The first-order valence-corrected chi connectivity index (χ1v) is 8.21. The maximum Gasteiger partial charge on any atom is 0.313 e. The summed E-state index contributed by atoms with van der Waals surface area (Å²) < 4.78 is 13.1. The number of hydrogen-bond acceptors (Lipinski definition) is 3. The molecule has 0 unspecified atom stereocenters. The van der Waals surface area contributed by atoms with E-state index < -0.39 is 17.6 Å². The van der Waals surface area contributed by atoms with Gasteiger partial charge in [-0.2, -0.15) is 0 Å². The number of amides is 2. The van der Waals surface area contributed by atoms with E-state index in [1.807, 2.05) is 0 Å². The molecule has 0 bridgehead atoms. The van der Waals surface area contributed by atoms with Crippen molar-refractivity contribution in [1.29, 1.82) is 0 Å². The molecular formula is C17H23ClFN3O2. The maximum absolute atomic E-state index is 13.1. The van der Waals surface area contributed by atoms with Crippen molar-refractivity contribution in [3.05, 3.63) is 29.0 Å². The largest absolute Gasteiger partial charge is 0.345 e. The number of piperidine rings is 1. The molecule has 1 aliphatic heterocycles. The molecule has 0 radical (unpaired) electrons. The summed E-state index contributed by atoms with van der Waals surface area (Å²) in [5.41, 5.74) is -0.00563. The van der Waals surface area contributed by atoms with Crippen molar-refractivity contribution in [2.75, 3.05) is 5.32 Å². The average Bonchev–Trinajstić information content (AvgIpc) is 2.39. The first-order chi connectivity index (χ1) is 11.0. The van der Waals surface area contributed by atoms with Crippen molar-refractivity contribution in [2.24, 2.45) is 0 Å². The van der Waals surface area contributed by atoms with E-state index in [0.29, 0.717) is 0 Å². The lowest BCUT2D eigenvalue weighted by Crippen LogP contribution is -2.62. The Kier molecular flexibility index (Phi) is 5.20. The van der Waals surface area contributed by atoms with E-state index in [4.69, 9.17) is 11.6 Å². The highest BCUT2D eigenvalue weighted by Crippen LogP contribution is 2.28. The molecule has 7 heteroatoms. The molecular weight excluding hydrogens is 333 g/mol. The monoisotopic (exact) mass is 355 g/mol. The van der Waals surface area contributed by atoms with Crippen LogP contribution in [0.2, 0.25) is 5.02 Å². The van der Waals surface area contributed by atoms with Crippen LogP contribution in [0.1, 0.15) is 40.5 Å². The Labute approximate surface area is 146 Å². The van der Waals surface area contributed by atoms with Gasteiger partial charge >= 0.3 is 11.8 Å². The van der Waals surface area contributed by atoms with Crippen LogP contribution in [0.25, 0.3) is 0 Å². The number of anilines is 1. The lowest BCUT2D eigenvalue weighted by atomic mass is 9.79. The fourth-order valence-electron chi connectivity index (χ4n) is 3.44. The standard InChI is InChI=1S/C17H23ClFN3O2/c1-16(2)8-11(9-17(3,4)22-16)21-15(24)14(23)20-10-5-6-13(19)12(18)7-10/h5-7,11,22H,8-9H2,1-4H3,(H,20,23)(H,21,24). The molecule has 0 aromatic heterocycles.